The average Bonchev–Trinajstić information content (AvgIpc) is 3.22. The van der Waals surface area contributed by atoms with Crippen LogP contribution in [0.1, 0.15) is 44.9 Å². The highest BCUT2D eigenvalue weighted by molar-refractivity contribution is 7.07. The minimum absolute atomic E-state index is 0.187. The second-order valence-corrected chi connectivity index (χ2v) is 9.71. The van der Waals surface area contributed by atoms with Crippen molar-refractivity contribution in [3.63, 3.8) is 0 Å². The Bertz CT molecular complexity index is 1650. The lowest BCUT2D eigenvalue weighted by atomic mass is 9.96. The van der Waals surface area contributed by atoms with E-state index in [-0.39, 0.29) is 12.2 Å². The van der Waals surface area contributed by atoms with Crippen LogP contribution in [0.25, 0.3) is 6.08 Å². The summed E-state index contributed by atoms with van der Waals surface area (Å²) in [5.74, 6) is 0.323. The van der Waals surface area contributed by atoms with Gasteiger partial charge < -0.3 is 18.9 Å². The van der Waals surface area contributed by atoms with Crippen LogP contribution in [-0.4, -0.2) is 36.3 Å². The van der Waals surface area contributed by atoms with Crippen LogP contribution in [0.5, 0.6) is 17.2 Å². The van der Waals surface area contributed by atoms with Crippen molar-refractivity contribution in [1.82, 2.24) is 4.57 Å². The Labute approximate surface area is 235 Å². The van der Waals surface area contributed by atoms with E-state index in [1.807, 2.05) is 19.1 Å². The van der Waals surface area contributed by atoms with Crippen LogP contribution in [0.2, 0.25) is 0 Å². The van der Waals surface area contributed by atoms with Gasteiger partial charge in [0.15, 0.2) is 16.3 Å². The maximum atomic E-state index is 13.8. The van der Waals surface area contributed by atoms with Gasteiger partial charge >= 0.3 is 11.9 Å². The number of nitrogens with zero attached hydrogens (tertiary/aromatic N) is 2. The first-order valence-electron chi connectivity index (χ1n) is 12.8. The molecular formula is C30H30N2O7S. The molecule has 0 N–H and O–H groups in total. The van der Waals surface area contributed by atoms with Crippen LogP contribution in [0.4, 0.5) is 0 Å². The van der Waals surface area contributed by atoms with E-state index in [0.29, 0.717) is 62.2 Å². The molecule has 0 aliphatic carbocycles. The van der Waals surface area contributed by atoms with Gasteiger partial charge in [0.05, 0.1) is 35.1 Å². The first kappa shape index (κ1) is 28.6. The van der Waals surface area contributed by atoms with E-state index in [0.717, 1.165) is 0 Å². The molecule has 1 aromatic heterocycles. The molecule has 0 radical (unpaired) electrons. The van der Waals surface area contributed by atoms with Gasteiger partial charge in [-0.05, 0) is 62.2 Å². The Balaban J connectivity index is 1.85. The molecule has 208 valence electrons. The fourth-order valence-electron chi connectivity index (χ4n) is 4.28. The summed E-state index contributed by atoms with van der Waals surface area (Å²) in [5, 5.41) is 0. The minimum Gasteiger partial charge on any atom is -0.490 e. The van der Waals surface area contributed by atoms with Gasteiger partial charge in [0.1, 0.15) is 12.4 Å². The van der Waals surface area contributed by atoms with Gasteiger partial charge in [-0.2, -0.15) is 0 Å². The molecule has 0 unspecified atom stereocenters. The summed E-state index contributed by atoms with van der Waals surface area (Å²) in [6, 6.07) is 11.5. The normalized spacial score (nSPS) is 14.7. The summed E-state index contributed by atoms with van der Waals surface area (Å²) in [6.45, 7) is 11.2. The zero-order chi connectivity index (χ0) is 28.8. The monoisotopic (exact) mass is 562 g/mol. The Morgan fingerprint density at radius 2 is 1.82 bits per heavy atom. The van der Waals surface area contributed by atoms with E-state index >= 15 is 0 Å². The summed E-state index contributed by atoms with van der Waals surface area (Å²) in [4.78, 5) is 43.5. The summed E-state index contributed by atoms with van der Waals surface area (Å²) in [5.41, 5.74) is 1.85. The van der Waals surface area contributed by atoms with Crippen molar-refractivity contribution in [1.29, 1.82) is 0 Å². The molecule has 0 amide bonds. The summed E-state index contributed by atoms with van der Waals surface area (Å²) in [6.07, 6.45) is 3.37. The number of aromatic nitrogens is 1. The smallest absolute Gasteiger partial charge is 0.338 e. The van der Waals surface area contributed by atoms with Crippen LogP contribution in [0.3, 0.4) is 0 Å². The minimum atomic E-state index is -0.740. The van der Waals surface area contributed by atoms with Crippen LogP contribution >= 0.6 is 11.3 Å². The van der Waals surface area contributed by atoms with Crippen LogP contribution in [0.15, 0.2) is 76.2 Å². The van der Waals surface area contributed by atoms with E-state index in [9.17, 15) is 14.4 Å². The number of carbonyl (C=O) groups is 2. The number of allylic oxidation sites excluding steroid dienone is 1. The lowest BCUT2D eigenvalue weighted by Crippen LogP contribution is -2.39. The average molecular weight is 563 g/mol. The summed E-state index contributed by atoms with van der Waals surface area (Å²) < 4.78 is 23.8. The fraction of sp³-hybridized carbons (Fsp3) is 0.267. The van der Waals surface area contributed by atoms with Crippen molar-refractivity contribution in [2.75, 3.05) is 19.8 Å². The number of fused-ring (bicyclic) bond motifs is 1. The topological polar surface area (TPSA) is 105 Å². The van der Waals surface area contributed by atoms with Crippen molar-refractivity contribution < 1.29 is 28.5 Å². The number of rotatable bonds is 10. The third-order valence-electron chi connectivity index (χ3n) is 5.90. The zero-order valence-corrected chi connectivity index (χ0v) is 23.6. The van der Waals surface area contributed by atoms with Crippen molar-refractivity contribution in [3.8, 4) is 17.2 Å². The van der Waals surface area contributed by atoms with Crippen molar-refractivity contribution in [3.05, 3.63) is 97.2 Å². The molecule has 0 saturated carbocycles. The number of hydrogen-bond acceptors (Lipinski definition) is 9. The number of carbonyl (C=O) groups excluding carboxylic acids is 2. The van der Waals surface area contributed by atoms with E-state index in [2.05, 4.69) is 11.6 Å². The second kappa shape index (κ2) is 12.6. The highest BCUT2D eigenvalue weighted by Gasteiger charge is 2.33. The van der Waals surface area contributed by atoms with Crippen molar-refractivity contribution in [2.24, 2.45) is 4.99 Å². The molecule has 1 aliphatic rings. The number of benzene rings is 2. The van der Waals surface area contributed by atoms with Gasteiger partial charge in [0.2, 0.25) is 0 Å². The van der Waals surface area contributed by atoms with Crippen molar-refractivity contribution in [2.45, 2.75) is 33.7 Å². The maximum absolute atomic E-state index is 13.8. The van der Waals surface area contributed by atoms with E-state index < -0.39 is 18.0 Å². The molecule has 1 atom stereocenters. The van der Waals surface area contributed by atoms with Crippen LogP contribution in [-0.2, 0) is 14.3 Å². The highest BCUT2D eigenvalue weighted by atomic mass is 32.1. The molecule has 3 aromatic rings. The Morgan fingerprint density at radius 3 is 2.48 bits per heavy atom. The number of thiazole rings is 1. The summed E-state index contributed by atoms with van der Waals surface area (Å²) in [7, 11) is 0. The largest absolute Gasteiger partial charge is 0.490 e. The molecule has 0 fully saturated rings. The van der Waals surface area contributed by atoms with Crippen LogP contribution < -0.4 is 29.1 Å². The number of ether oxygens (including phenoxy) is 4. The predicted octanol–water partition coefficient (Wildman–Crippen LogP) is 3.69. The Hall–Kier alpha value is -4.44. The first-order chi connectivity index (χ1) is 19.3. The first-order valence-corrected chi connectivity index (χ1v) is 13.6. The highest BCUT2D eigenvalue weighted by Crippen LogP contribution is 2.32. The van der Waals surface area contributed by atoms with Gasteiger partial charge in [-0.3, -0.25) is 14.2 Å². The Morgan fingerprint density at radius 1 is 1.07 bits per heavy atom. The molecule has 1 aliphatic heterocycles. The molecule has 10 heteroatoms. The predicted molar refractivity (Wildman–Crippen MR) is 151 cm³/mol. The number of esters is 2. The molecule has 40 heavy (non-hydrogen) atoms. The maximum Gasteiger partial charge on any atom is 0.338 e. The van der Waals surface area contributed by atoms with Crippen LogP contribution in [0, 0.1) is 0 Å². The molecule has 0 bridgehead atoms. The zero-order valence-electron chi connectivity index (χ0n) is 22.8. The molecule has 4 rings (SSSR count). The standard InChI is InChI=1S/C30H30N2O7S/c1-6-15-38-22-12-10-21(11-13-22)27-26(29(35)37-8-3)18(4)31-30-32(27)28(34)25(40-30)17-20-9-14-23(39-19(5)33)24(16-20)36-7-2/h6,9-14,16-17,27H,1,7-8,15H2,2-5H3/t27-/m0/s1. The van der Waals surface area contributed by atoms with E-state index in [1.165, 1.54) is 22.8 Å². The molecule has 0 spiro atoms. The van der Waals surface area contributed by atoms with Gasteiger partial charge in [0, 0.05) is 6.92 Å². The lowest BCUT2D eigenvalue weighted by molar-refractivity contribution is -0.139. The van der Waals surface area contributed by atoms with E-state index in [4.69, 9.17) is 18.9 Å². The quantitative estimate of drug-likeness (QED) is 0.211. The van der Waals surface area contributed by atoms with E-state index in [1.54, 1.807) is 56.3 Å². The molecular weight excluding hydrogens is 532 g/mol. The second-order valence-electron chi connectivity index (χ2n) is 8.70. The summed E-state index contributed by atoms with van der Waals surface area (Å²) >= 11 is 1.21. The van der Waals surface area contributed by atoms with Crippen molar-refractivity contribution >= 4 is 29.4 Å². The molecule has 0 saturated heterocycles. The lowest BCUT2D eigenvalue weighted by Gasteiger charge is -2.24. The van der Waals surface area contributed by atoms with Gasteiger partial charge in [-0.15, -0.1) is 0 Å². The third kappa shape index (κ3) is 6.07. The van der Waals surface area contributed by atoms with Gasteiger partial charge in [-0.1, -0.05) is 42.2 Å². The SMILES string of the molecule is C=CCOc1ccc([C@H]2C(C(=O)OCC)=C(C)N=c3sc(=Cc4ccc(OC(C)=O)c(OCC)c4)c(=O)n32)cc1. The fourth-order valence-corrected chi connectivity index (χ4v) is 5.33. The van der Waals surface area contributed by atoms with Gasteiger partial charge in [0.25, 0.3) is 5.56 Å². The van der Waals surface area contributed by atoms with Gasteiger partial charge in [-0.25, -0.2) is 9.79 Å². The Kier molecular flexibility index (Phi) is 9.00. The number of hydrogen-bond donors (Lipinski definition) is 0. The molecule has 2 heterocycles. The molecule has 9 nitrogen and oxygen atoms in total. The molecule has 2 aromatic carbocycles. The third-order valence-corrected chi connectivity index (χ3v) is 6.88.